The van der Waals surface area contributed by atoms with Crippen LogP contribution in [0.2, 0.25) is 0 Å². The number of rotatable bonds is 4. The standard InChI is InChI=1S/C12H18/c1-5-11(4)9-8-10-12(6-2)7-3/h1,9-10H,6-8H2,2-4H3. The first-order valence-corrected chi connectivity index (χ1v) is 4.55. The summed E-state index contributed by atoms with van der Waals surface area (Å²) in [4.78, 5) is 0. The lowest BCUT2D eigenvalue weighted by atomic mass is 10.1. The van der Waals surface area contributed by atoms with Gasteiger partial charge in [-0.2, -0.15) is 0 Å². The lowest BCUT2D eigenvalue weighted by molar-refractivity contribution is 0.964. The molecule has 0 spiro atoms. The van der Waals surface area contributed by atoms with E-state index in [1.807, 2.05) is 6.92 Å². The Morgan fingerprint density at radius 3 is 2.25 bits per heavy atom. The fraction of sp³-hybridized carbons (Fsp3) is 0.500. The molecule has 0 aliphatic rings. The second-order valence-corrected chi connectivity index (χ2v) is 2.84. The van der Waals surface area contributed by atoms with Crippen LogP contribution in [0, 0.1) is 12.3 Å². The summed E-state index contributed by atoms with van der Waals surface area (Å²) in [6, 6.07) is 0. The molecule has 0 aromatic heterocycles. The minimum Gasteiger partial charge on any atom is -0.115 e. The molecule has 0 amide bonds. The maximum atomic E-state index is 5.21. The Balaban J connectivity index is 3.97. The van der Waals surface area contributed by atoms with E-state index in [0.717, 1.165) is 24.8 Å². The van der Waals surface area contributed by atoms with Crippen LogP contribution in [0.5, 0.6) is 0 Å². The predicted octanol–water partition coefficient (Wildman–Crippen LogP) is 3.70. The lowest BCUT2D eigenvalue weighted by Crippen LogP contribution is -1.77. The molecular formula is C12H18. The quantitative estimate of drug-likeness (QED) is 0.437. The van der Waals surface area contributed by atoms with E-state index < -0.39 is 0 Å². The van der Waals surface area contributed by atoms with Crippen molar-refractivity contribution < 1.29 is 0 Å². The second kappa shape index (κ2) is 6.73. The van der Waals surface area contributed by atoms with Crippen LogP contribution >= 0.6 is 0 Å². The molecule has 0 saturated heterocycles. The minimum absolute atomic E-state index is 0.979. The summed E-state index contributed by atoms with van der Waals surface area (Å²) in [6.45, 7) is 6.34. The Labute approximate surface area is 76.4 Å². The Kier molecular flexibility index (Phi) is 6.19. The highest BCUT2D eigenvalue weighted by Gasteiger charge is 1.87. The van der Waals surface area contributed by atoms with Crippen LogP contribution in [-0.4, -0.2) is 0 Å². The summed E-state index contributed by atoms with van der Waals surface area (Å²) >= 11 is 0. The summed E-state index contributed by atoms with van der Waals surface area (Å²) in [5.74, 6) is 2.61. The topological polar surface area (TPSA) is 0 Å². The van der Waals surface area contributed by atoms with Gasteiger partial charge in [-0.05, 0) is 31.8 Å². The molecule has 0 aliphatic heterocycles. The van der Waals surface area contributed by atoms with Crippen molar-refractivity contribution in [3.05, 3.63) is 23.3 Å². The van der Waals surface area contributed by atoms with E-state index in [1.54, 1.807) is 0 Å². The molecule has 0 nitrogen and oxygen atoms in total. The molecule has 12 heavy (non-hydrogen) atoms. The van der Waals surface area contributed by atoms with Crippen molar-refractivity contribution in [1.29, 1.82) is 0 Å². The molecule has 0 N–H and O–H groups in total. The number of terminal acetylenes is 1. The Morgan fingerprint density at radius 2 is 1.83 bits per heavy atom. The Morgan fingerprint density at radius 1 is 1.25 bits per heavy atom. The molecule has 0 fully saturated rings. The zero-order chi connectivity index (χ0) is 9.40. The van der Waals surface area contributed by atoms with Crippen molar-refractivity contribution in [3.8, 4) is 12.3 Å². The Bertz CT molecular complexity index is 205. The van der Waals surface area contributed by atoms with Crippen LogP contribution in [0.25, 0.3) is 0 Å². The van der Waals surface area contributed by atoms with Gasteiger partial charge in [-0.1, -0.05) is 37.5 Å². The van der Waals surface area contributed by atoms with Crippen LogP contribution < -0.4 is 0 Å². The van der Waals surface area contributed by atoms with E-state index >= 15 is 0 Å². The molecule has 0 rings (SSSR count). The van der Waals surface area contributed by atoms with Crippen molar-refractivity contribution in [1.82, 2.24) is 0 Å². The minimum atomic E-state index is 0.979. The molecule has 0 unspecified atom stereocenters. The van der Waals surface area contributed by atoms with Gasteiger partial charge in [0.25, 0.3) is 0 Å². The number of allylic oxidation sites excluding steroid dienone is 4. The summed E-state index contributed by atoms with van der Waals surface area (Å²) in [5, 5.41) is 0. The molecule has 0 aliphatic carbocycles. The zero-order valence-corrected chi connectivity index (χ0v) is 8.35. The van der Waals surface area contributed by atoms with Crippen molar-refractivity contribution >= 4 is 0 Å². The maximum Gasteiger partial charge on any atom is -0.00502 e. The monoisotopic (exact) mass is 162 g/mol. The van der Waals surface area contributed by atoms with E-state index in [1.165, 1.54) is 5.57 Å². The van der Waals surface area contributed by atoms with Crippen molar-refractivity contribution in [2.24, 2.45) is 0 Å². The average Bonchev–Trinajstić information content (AvgIpc) is 2.12. The van der Waals surface area contributed by atoms with Gasteiger partial charge in [0, 0.05) is 0 Å². The molecule has 0 bridgehead atoms. The number of hydrogen-bond acceptors (Lipinski definition) is 0. The lowest BCUT2D eigenvalue weighted by Gasteiger charge is -1.97. The molecule has 0 aromatic rings. The normalized spacial score (nSPS) is 10.7. The van der Waals surface area contributed by atoms with Gasteiger partial charge in [0.2, 0.25) is 0 Å². The summed E-state index contributed by atoms with van der Waals surface area (Å²) in [7, 11) is 0. The first kappa shape index (κ1) is 11.0. The first-order valence-electron chi connectivity index (χ1n) is 4.55. The maximum absolute atomic E-state index is 5.21. The summed E-state index contributed by atoms with van der Waals surface area (Å²) in [6.07, 6.45) is 12.9. The molecule has 0 aromatic carbocycles. The van der Waals surface area contributed by atoms with Crippen LogP contribution in [0.1, 0.15) is 40.0 Å². The smallest absolute Gasteiger partial charge is 0.00502 e. The summed E-state index contributed by atoms with van der Waals surface area (Å²) in [5.41, 5.74) is 2.54. The van der Waals surface area contributed by atoms with E-state index in [-0.39, 0.29) is 0 Å². The molecular weight excluding hydrogens is 144 g/mol. The van der Waals surface area contributed by atoms with Crippen LogP contribution in [0.15, 0.2) is 23.3 Å². The molecule has 0 heteroatoms. The average molecular weight is 162 g/mol. The van der Waals surface area contributed by atoms with Crippen LogP contribution in [0.4, 0.5) is 0 Å². The largest absolute Gasteiger partial charge is 0.115 e. The second-order valence-electron chi connectivity index (χ2n) is 2.84. The molecule has 66 valence electrons. The predicted molar refractivity (Wildman–Crippen MR) is 55.9 cm³/mol. The zero-order valence-electron chi connectivity index (χ0n) is 8.35. The van der Waals surface area contributed by atoms with Crippen molar-refractivity contribution in [3.63, 3.8) is 0 Å². The highest BCUT2D eigenvalue weighted by atomic mass is 13.9. The van der Waals surface area contributed by atoms with Crippen LogP contribution in [-0.2, 0) is 0 Å². The van der Waals surface area contributed by atoms with E-state index in [0.29, 0.717) is 0 Å². The SMILES string of the molecule is C#CC(C)=CCC=C(CC)CC. The number of hydrogen-bond donors (Lipinski definition) is 0. The molecule has 0 atom stereocenters. The van der Waals surface area contributed by atoms with E-state index in [2.05, 4.69) is 31.9 Å². The first-order chi connectivity index (χ1) is 5.74. The molecule has 0 heterocycles. The highest BCUT2D eigenvalue weighted by molar-refractivity contribution is 5.23. The molecule has 0 saturated carbocycles. The van der Waals surface area contributed by atoms with Gasteiger partial charge in [0.1, 0.15) is 0 Å². The van der Waals surface area contributed by atoms with Gasteiger partial charge in [-0.15, -0.1) is 6.42 Å². The Hall–Kier alpha value is -0.960. The van der Waals surface area contributed by atoms with Gasteiger partial charge < -0.3 is 0 Å². The third kappa shape index (κ3) is 4.79. The highest BCUT2D eigenvalue weighted by Crippen LogP contribution is 2.07. The fourth-order valence-corrected chi connectivity index (χ4v) is 1.000. The van der Waals surface area contributed by atoms with E-state index in [4.69, 9.17) is 6.42 Å². The fourth-order valence-electron chi connectivity index (χ4n) is 1.000. The van der Waals surface area contributed by atoms with Gasteiger partial charge in [-0.3, -0.25) is 0 Å². The van der Waals surface area contributed by atoms with Crippen molar-refractivity contribution in [2.75, 3.05) is 0 Å². The molecule has 0 radical (unpaired) electrons. The third-order valence-electron chi connectivity index (χ3n) is 1.97. The van der Waals surface area contributed by atoms with E-state index in [9.17, 15) is 0 Å². The van der Waals surface area contributed by atoms with Crippen LogP contribution in [0.3, 0.4) is 0 Å². The third-order valence-corrected chi connectivity index (χ3v) is 1.97. The van der Waals surface area contributed by atoms with Gasteiger partial charge >= 0.3 is 0 Å². The van der Waals surface area contributed by atoms with Gasteiger partial charge in [0.15, 0.2) is 0 Å². The van der Waals surface area contributed by atoms with Gasteiger partial charge in [0.05, 0.1) is 0 Å². The van der Waals surface area contributed by atoms with Crippen molar-refractivity contribution in [2.45, 2.75) is 40.0 Å². The summed E-state index contributed by atoms with van der Waals surface area (Å²) < 4.78 is 0. The van der Waals surface area contributed by atoms with Gasteiger partial charge in [-0.25, -0.2) is 0 Å².